The minimum atomic E-state index is -0.835. The Kier molecular flexibility index (Phi) is 3.27. The summed E-state index contributed by atoms with van der Waals surface area (Å²) in [5.41, 5.74) is 10.3. The Morgan fingerprint density at radius 2 is 2.38 bits per heavy atom. The van der Waals surface area contributed by atoms with Crippen molar-refractivity contribution in [1.82, 2.24) is 0 Å². The van der Waals surface area contributed by atoms with Gasteiger partial charge in [0.1, 0.15) is 0 Å². The van der Waals surface area contributed by atoms with E-state index in [0.29, 0.717) is 19.4 Å². The van der Waals surface area contributed by atoms with Gasteiger partial charge < -0.3 is 16.2 Å². The summed E-state index contributed by atoms with van der Waals surface area (Å²) in [7, 11) is 0. The van der Waals surface area contributed by atoms with Crippen LogP contribution in [-0.4, -0.2) is 24.2 Å². The van der Waals surface area contributed by atoms with Crippen LogP contribution in [-0.2, 0) is 9.53 Å². The third-order valence-electron chi connectivity index (χ3n) is 2.63. The third kappa shape index (κ3) is 2.42. The van der Waals surface area contributed by atoms with Gasteiger partial charge in [-0.15, -0.1) is 0 Å². The molecular formula is C9H18N2O2. The predicted molar refractivity (Wildman–Crippen MR) is 50.0 cm³/mol. The molecular weight excluding hydrogens is 168 g/mol. The highest BCUT2D eigenvalue weighted by molar-refractivity contribution is 5.84. The zero-order chi connectivity index (χ0) is 9.90. The first kappa shape index (κ1) is 10.5. The molecule has 4 N–H and O–H groups in total. The van der Waals surface area contributed by atoms with Crippen LogP contribution in [0.15, 0.2) is 0 Å². The topological polar surface area (TPSA) is 78.3 Å². The number of hydrogen-bond acceptors (Lipinski definition) is 3. The van der Waals surface area contributed by atoms with Crippen LogP contribution in [0.3, 0.4) is 0 Å². The lowest BCUT2D eigenvalue weighted by molar-refractivity contribution is -0.126. The Morgan fingerprint density at radius 1 is 1.69 bits per heavy atom. The van der Waals surface area contributed by atoms with Crippen molar-refractivity contribution in [3.05, 3.63) is 0 Å². The monoisotopic (exact) mass is 186 g/mol. The molecule has 0 radical (unpaired) electrons. The Balaban J connectivity index is 2.54. The van der Waals surface area contributed by atoms with Crippen molar-refractivity contribution < 1.29 is 9.53 Å². The second kappa shape index (κ2) is 4.07. The number of hydrogen-bond donors (Lipinski definition) is 2. The van der Waals surface area contributed by atoms with Crippen LogP contribution < -0.4 is 11.5 Å². The van der Waals surface area contributed by atoms with E-state index in [1.807, 2.05) is 6.92 Å². The Morgan fingerprint density at radius 3 is 2.92 bits per heavy atom. The number of ether oxygens (including phenoxy) is 1. The van der Waals surface area contributed by atoms with E-state index in [-0.39, 0.29) is 6.10 Å². The van der Waals surface area contributed by atoms with E-state index in [2.05, 4.69) is 0 Å². The van der Waals surface area contributed by atoms with Gasteiger partial charge in [-0.2, -0.15) is 0 Å². The van der Waals surface area contributed by atoms with E-state index >= 15 is 0 Å². The molecule has 2 unspecified atom stereocenters. The fourth-order valence-corrected chi connectivity index (χ4v) is 1.86. The lowest BCUT2D eigenvalue weighted by atomic mass is 9.80. The molecule has 4 nitrogen and oxygen atoms in total. The highest BCUT2D eigenvalue weighted by atomic mass is 16.5. The highest BCUT2D eigenvalue weighted by Crippen LogP contribution is 2.27. The van der Waals surface area contributed by atoms with Crippen LogP contribution in [0.5, 0.6) is 0 Å². The average Bonchev–Trinajstić information content (AvgIpc) is 2.04. The van der Waals surface area contributed by atoms with Crippen LogP contribution in [0, 0.1) is 0 Å². The summed E-state index contributed by atoms with van der Waals surface area (Å²) in [4.78, 5) is 11.1. The zero-order valence-electron chi connectivity index (χ0n) is 8.08. The number of amides is 1. The van der Waals surface area contributed by atoms with Gasteiger partial charge in [-0.25, -0.2) is 0 Å². The van der Waals surface area contributed by atoms with Gasteiger partial charge in [0.05, 0.1) is 11.6 Å². The van der Waals surface area contributed by atoms with E-state index in [9.17, 15) is 4.79 Å². The fraction of sp³-hybridized carbons (Fsp3) is 0.889. The van der Waals surface area contributed by atoms with Crippen molar-refractivity contribution in [2.24, 2.45) is 11.5 Å². The molecule has 0 heterocycles. The first-order valence-electron chi connectivity index (χ1n) is 4.79. The Bertz CT molecular complexity index is 194. The van der Waals surface area contributed by atoms with Crippen molar-refractivity contribution in [2.75, 3.05) is 6.61 Å². The maximum Gasteiger partial charge on any atom is 0.237 e. The van der Waals surface area contributed by atoms with Crippen molar-refractivity contribution >= 4 is 5.91 Å². The van der Waals surface area contributed by atoms with Gasteiger partial charge in [-0.1, -0.05) is 0 Å². The minimum Gasteiger partial charge on any atom is -0.378 e. The first-order chi connectivity index (χ1) is 6.08. The van der Waals surface area contributed by atoms with Crippen molar-refractivity contribution in [3.63, 3.8) is 0 Å². The van der Waals surface area contributed by atoms with Crippen molar-refractivity contribution in [3.8, 4) is 0 Å². The van der Waals surface area contributed by atoms with Gasteiger partial charge in [0.2, 0.25) is 5.91 Å². The Hall–Kier alpha value is -0.610. The molecule has 2 atom stereocenters. The van der Waals surface area contributed by atoms with Gasteiger partial charge >= 0.3 is 0 Å². The molecule has 1 rings (SSSR count). The first-order valence-corrected chi connectivity index (χ1v) is 4.79. The van der Waals surface area contributed by atoms with Crippen LogP contribution in [0.25, 0.3) is 0 Å². The number of carbonyl (C=O) groups is 1. The molecule has 13 heavy (non-hydrogen) atoms. The molecule has 1 aliphatic rings. The molecule has 1 amide bonds. The van der Waals surface area contributed by atoms with Crippen molar-refractivity contribution in [1.29, 1.82) is 0 Å². The second-order valence-electron chi connectivity index (χ2n) is 3.69. The zero-order valence-corrected chi connectivity index (χ0v) is 8.08. The van der Waals surface area contributed by atoms with Gasteiger partial charge in [-0.05, 0) is 26.2 Å². The van der Waals surface area contributed by atoms with Crippen molar-refractivity contribution in [2.45, 2.75) is 44.2 Å². The van der Waals surface area contributed by atoms with E-state index in [1.165, 1.54) is 0 Å². The van der Waals surface area contributed by atoms with E-state index < -0.39 is 11.4 Å². The maximum atomic E-state index is 11.1. The SMILES string of the molecule is CCOC1CCCC(N)(C(N)=O)C1. The third-order valence-corrected chi connectivity index (χ3v) is 2.63. The minimum absolute atomic E-state index is 0.108. The lowest BCUT2D eigenvalue weighted by Crippen LogP contribution is -2.56. The summed E-state index contributed by atoms with van der Waals surface area (Å²) < 4.78 is 5.44. The van der Waals surface area contributed by atoms with Gasteiger partial charge in [0.25, 0.3) is 0 Å². The lowest BCUT2D eigenvalue weighted by Gasteiger charge is -2.35. The molecule has 0 saturated heterocycles. The summed E-state index contributed by atoms with van der Waals surface area (Å²) in [6.07, 6.45) is 3.27. The van der Waals surface area contributed by atoms with E-state index in [4.69, 9.17) is 16.2 Å². The molecule has 0 aromatic heterocycles. The van der Waals surface area contributed by atoms with E-state index in [1.54, 1.807) is 0 Å². The largest absolute Gasteiger partial charge is 0.378 e. The molecule has 1 aliphatic carbocycles. The number of nitrogens with two attached hydrogens (primary N) is 2. The summed E-state index contributed by atoms with van der Waals surface area (Å²) in [6.45, 7) is 2.61. The molecule has 0 bridgehead atoms. The van der Waals surface area contributed by atoms with Crippen LogP contribution in [0.4, 0.5) is 0 Å². The number of carbonyl (C=O) groups excluding carboxylic acids is 1. The summed E-state index contributed by atoms with van der Waals surface area (Å²) in [6, 6.07) is 0. The fourth-order valence-electron chi connectivity index (χ4n) is 1.86. The predicted octanol–water partition coefficient (Wildman–Crippen LogP) is 0.148. The van der Waals surface area contributed by atoms with Gasteiger partial charge in [-0.3, -0.25) is 4.79 Å². The molecule has 4 heteroatoms. The summed E-state index contributed by atoms with van der Waals surface area (Å²) >= 11 is 0. The quantitative estimate of drug-likeness (QED) is 0.658. The number of rotatable bonds is 3. The van der Waals surface area contributed by atoms with Crippen LogP contribution in [0.1, 0.15) is 32.6 Å². The van der Waals surface area contributed by atoms with E-state index in [0.717, 1.165) is 12.8 Å². The molecule has 76 valence electrons. The normalized spacial score (nSPS) is 34.5. The van der Waals surface area contributed by atoms with Gasteiger partial charge in [0.15, 0.2) is 0 Å². The average molecular weight is 186 g/mol. The standard InChI is InChI=1S/C9H18N2O2/c1-2-13-7-4-3-5-9(11,6-7)8(10)12/h7H,2-6,11H2,1H3,(H2,10,12). The van der Waals surface area contributed by atoms with Crippen LogP contribution >= 0.6 is 0 Å². The summed E-state index contributed by atoms with van der Waals surface area (Å²) in [5, 5.41) is 0. The molecule has 0 aliphatic heterocycles. The van der Waals surface area contributed by atoms with Crippen LogP contribution in [0.2, 0.25) is 0 Å². The molecule has 0 aromatic rings. The Labute approximate surface area is 78.6 Å². The molecule has 1 saturated carbocycles. The highest BCUT2D eigenvalue weighted by Gasteiger charge is 2.37. The number of primary amides is 1. The second-order valence-corrected chi connectivity index (χ2v) is 3.69. The summed E-state index contributed by atoms with van der Waals surface area (Å²) in [5.74, 6) is -0.406. The molecule has 1 fully saturated rings. The molecule has 0 aromatic carbocycles. The smallest absolute Gasteiger partial charge is 0.237 e. The molecule has 0 spiro atoms. The van der Waals surface area contributed by atoms with Gasteiger partial charge in [0, 0.05) is 13.0 Å². The maximum absolute atomic E-state index is 11.1.